The van der Waals surface area contributed by atoms with Gasteiger partial charge in [-0.3, -0.25) is 24.1 Å². The van der Waals surface area contributed by atoms with Crippen LogP contribution in [-0.4, -0.2) is 52.6 Å². The van der Waals surface area contributed by atoms with Gasteiger partial charge in [-0.05, 0) is 42.4 Å². The molecule has 1 saturated heterocycles. The maximum absolute atomic E-state index is 13.9. The van der Waals surface area contributed by atoms with E-state index >= 15 is 0 Å². The number of nitrogens with one attached hydrogen (secondary N) is 1. The van der Waals surface area contributed by atoms with E-state index in [0.29, 0.717) is 25.8 Å². The van der Waals surface area contributed by atoms with Crippen LogP contribution in [0.1, 0.15) is 49.8 Å². The van der Waals surface area contributed by atoms with Gasteiger partial charge in [0.15, 0.2) is 0 Å². The molecule has 1 unspecified atom stereocenters. The predicted molar refractivity (Wildman–Crippen MR) is 150 cm³/mol. The maximum atomic E-state index is 13.9. The van der Waals surface area contributed by atoms with Crippen molar-refractivity contribution in [2.24, 2.45) is 17.8 Å². The molecule has 206 valence electrons. The highest BCUT2D eigenvalue weighted by atomic mass is 16.2. The van der Waals surface area contributed by atoms with Crippen molar-refractivity contribution in [2.45, 2.75) is 59.0 Å². The van der Waals surface area contributed by atoms with Crippen molar-refractivity contribution in [2.75, 3.05) is 13.1 Å². The summed E-state index contributed by atoms with van der Waals surface area (Å²) in [6, 6.07) is 16.8. The van der Waals surface area contributed by atoms with Crippen molar-refractivity contribution in [3.8, 4) is 0 Å². The largest absolute Gasteiger partial charge is 0.354 e. The highest BCUT2D eigenvalue weighted by Gasteiger charge is 2.47. The molecule has 1 heterocycles. The molecule has 3 atom stereocenters. The molecule has 2 aromatic carbocycles. The second-order valence-corrected chi connectivity index (χ2v) is 11.0. The minimum atomic E-state index is -0.741. The number of aryl methyl sites for hydroxylation is 1. The number of likely N-dealkylation sites (tertiary alicyclic amines) is 1. The number of amides is 4. The van der Waals surface area contributed by atoms with Crippen molar-refractivity contribution >= 4 is 23.6 Å². The molecule has 0 bridgehead atoms. The van der Waals surface area contributed by atoms with Crippen LogP contribution in [0.5, 0.6) is 0 Å². The molecule has 1 aliphatic carbocycles. The average Bonchev–Trinajstić information content (AvgIpc) is 3.18. The summed E-state index contributed by atoms with van der Waals surface area (Å²) in [6.07, 6.45) is 5.37. The average molecular weight is 530 g/mol. The lowest BCUT2D eigenvalue weighted by Gasteiger charge is -2.32. The van der Waals surface area contributed by atoms with Gasteiger partial charge in [0.25, 0.3) is 0 Å². The fraction of sp³-hybridized carbons (Fsp3) is 0.438. The van der Waals surface area contributed by atoms with Crippen molar-refractivity contribution in [3.05, 3.63) is 83.4 Å². The van der Waals surface area contributed by atoms with E-state index in [9.17, 15) is 19.2 Å². The highest BCUT2D eigenvalue weighted by Crippen LogP contribution is 2.35. The normalized spacial score (nSPS) is 19.2. The topological polar surface area (TPSA) is 86.8 Å². The van der Waals surface area contributed by atoms with Crippen LogP contribution in [0.25, 0.3) is 0 Å². The molecule has 39 heavy (non-hydrogen) atoms. The predicted octanol–water partition coefficient (Wildman–Crippen LogP) is 4.05. The first-order chi connectivity index (χ1) is 18.8. The first-order valence-corrected chi connectivity index (χ1v) is 13.9. The number of hydrogen-bond donors (Lipinski definition) is 1. The Morgan fingerprint density at radius 1 is 0.949 bits per heavy atom. The summed E-state index contributed by atoms with van der Waals surface area (Å²) >= 11 is 0. The molecular formula is C32H39N3O4. The molecule has 0 radical (unpaired) electrons. The van der Waals surface area contributed by atoms with Gasteiger partial charge in [-0.25, -0.2) is 0 Å². The van der Waals surface area contributed by atoms with Crippen molar-refractivity contribution in [3.63, 3.8) is 0 Å². The van der Waals surface area contributed by atoms with Crippen LogP contribution < -0.4 is 5.32 Å². The number of carbonyl (C=O) groups excluding carboxylic acids is 4. The lowest BCUT2D eigenvalue weighted by atomic mass is 9.85. The standard InChI is InChI=1S/C32H39N3O4/c1-22(2)20-33-30(37)28(19-24-12-5-4-6-13-24)35(21-25-14-8-7-11-23(25)3)29(36)17-18-34-31(38)26-15-9-10-16-27(26)32(34)39/h4-14,22,26-28H,15-21H2,1-3H3,(H,33,37)/t26-,27+,28?. The van der Waals surface area contributed by atoms with Crippen LogP contribution >= 0.6 is 0 Å². The fourth-order valence-electron chi connectivity index (χ4n) is 5.39. The summed E-state index contributed by atoms with van der Waals surface area (Å²) in [5, 5.41) is 3.02. The van der Waals surface area contributed by atoms with Gasteiger partial charge in [-0.15, -0.1) is 0 Å². The van der Waals surface area contributed by atoms with Gasteiger partial charge in [0.1, 0.15) is 6.04 Å². The van der Waals surface area contributed by atoms with E-state index in [2.05, 4.69) is 5.32 Å². The molecule has 2 aromatic rings. The van der Waals surface area contributed by atoms with E-state index in [1.807, 2.05) is 87.5 Å². The minimum Gasteiger partial charge on any atom is -0.354 e. The Hall–Kier alpha value is -3.74. The molecule has 4 rings (SSSR count). The van der Waals surface area contributed by atoms with Gasteiger partial charge in [0, 0.05) is 32.5 Å². The van der Waals surface area contributed by atoms with Crippen LogP contribution in [0.3, 0.4) is 0 Å². The number of allylic oxidation sites excluding steroid dienone is 2. The van der Waals surface area contributed by atoms with Gasteiger partial charge < -0.3 is 10.2 Å². The van der Waals surface area contributed by atoms with Crippen LogP contribution in [-0.2, 0) is 32.1 Å². The van der Waals surface area contributed by atoms with Gasteiger partial charge >= 0.3 is 0 Å². The van der Waals surface area contributed by atoms with E-state index in [4.69, 9.17) is 0 Å². The van der Waals surface area contributed by atoms with E-state index in [-0.39, 0.29) is 60.9 Å². The van der Waals surface area contributed by atoms with Crippen LogP contribution in [0.15, 0.2) is 66.7 Å². The lowest BCUT2D eigenvalue weighted by molar-refractivity contribution is -0.144. The molecule has 4 amide bonds. The summed E-state index contributed by atoms with van der Waals surface area (Å²) in [7, 11) is 0. The number of benzene rings is 2. The molecule has 1 N–H and O–H groups in total. The Balaban J connectivity index is 1.59. The molecule has 1 fully saturated rings. The number of carbonyl (C=O) groups is 4. The summed E-state index contributed by atoms with van der Waals surface area (Å²) in [4.78, 5) is 56.3. The van der Waals surface area contributed by atoms with Crippen molar-refractivity contribution in [1.82, 2.24) is 15.1 Å². The maximum Gasteiger partial charge on any atom is 0.243 e. The van der Waals surface area contributed by atoms with E-state index in [1.165, 1.54) is 4.90 Å². The zero-order chi connectivity index (χ0) is 27.9. The first-order valence-electron chi connectivity index (χ1n) is 13.9. The highest BCUT2D eigenvalue weighted by molar-refractivity contribution is 6.05. The van der Waals surface area contributed by atoms with Gasteiger partial charge in [0.05, 0.1) is 11.8 Å². The zero-order valence-corrected chi connectivity index (χ0v) is 23.1. The van der Waals surface area contributed by atoms with Crippen molar-refractivity contribution < 1.29 is 19.2 Å². The van der Waals surface area contributed by atoms with Crippen LogP contribution in [0.4, 0.5) is 0 Å². The quantitative estimate of drug-likeness (QED) is 0.352. The summed E-state index contributed by atoms with van der Waals surface area (Å²) < 4.78 is 0. The van der Waals surface area contributed by atoms with Crippen LogP contribution in [0, 0.1) is 24.7 Å². The third-order valence-corrected chi connectivity index (χ3v) is 7.71. The molecule has 0 aromatic heterocycles. The third kappa shape index (κ3) is 6.83. The summed E-state index contributed by atoms with van der Waals surface area (Å²) in [5.74, 6) is -1.24. The van der Waals surface area contributed by atoms with E-state index in [1.54, 1.807) is 4.90 Å². The molecule has 0 saturated carbocycles. The Morgan fingerprint density at radius 3 is 2.18 bits per heavy atom. The molecule has 7 heteroatoms. The number of fused-ring (bicyclic) bond motifs is 1. The summed E-state index contributed by atoms with van der Waals surface area (Å²) in [5.41, 5.74) is 2.93. The molecule has 7 nitrogen and oxygen atoms in total. The monoisotopic (exact) mass is 529 g/mol. The molecule has 1 aliphatic heterocycles. The molecule has 2 aliphatic rings. The summed E-state index contributed by atoms with van der Waals surface area (Å²) in [6.45, 7) is 6.83. The smallest absolute Gasteiger partial charge is 0.243 e. The van der Waals surface area contributed by atoms with Crippen LogP contribution in [0.2, 0.25) is 0 Å². The second-order valence-electron chi connectivity index (χ2n) is 11.0. The molecular weight excluding hydrogens is 490 g/mol. The lowest BCUT2D eigenvalue weighted by Crippen LogP contribution is -2.51. The first kappa shape index (κ1) is 28.3. The van der Waals surface area contributed by atoms with Gasteiger partial charge in [-0.2, -0.15) is 0 Å². The number of nitrogens with zero attached hydrogens (tertiary/aromatic N) is 2. The fourth-order valence-corrected chi connectivity index (χ4v) is 5.39. The van der Waals surface area contributed by atoms with Gasteiger partial charge in [-0.1, -0.05) is 80.6 Å². The molecule has 0 spiro atoms. The van der Waals surface area contributed by atoms with Crippen molar-refractivity contribution in [1.29, 1.82) is 0 Å². The number of hydrogen-bond acceptors (Lipinski definition) is 4. The van der Waals surface area contributed by atoms with E-state index in [0.717, 1.165) is 16.7 Å². The second kappa shape index (κ2) is 12.9. The Morgan fingerprint density at radius 2 is 1.56 bits per heavy atom. The zero-order valence-electron chi connectivity index (χ0n) is 23.1. The minimum absolute atomic E-state index is 0.0272. The Bertz CT molecular complexity index is 1200. The number of imide groups is 1. The SMILES string of the molecule is Cc1ccccc1CN(C(=O)CCN1C(=O)[C@H]2CC=CC[C@H]2C1=O)C(Cc1ccccc1)C(=O)NCC(C)C. The Labute approximate surface area is 231 Å². The number of rotatable bonds is 11. The van der Waals surface area contributed by atoms with Gasteiger partial charge in [0.2, 0.25) is 23.6 Å². The third-order valence-electron chi connectivity index (χ3n) is 7.71. The Kier molecular flexibility index (Phi) is 9.33. The van der Waals surface area contributed by atoms with E-state index < -0.39 is 6.04 Å².